The molecule has 2 N–H and O–H groups in total. The van der Waals surface area contributed by atoms with E-state index in [1.165, 1.54) is 23.5 Å². The first-order valence-electron chi connectivity index (χ1n) is 8.10. The van der Waals surface area contributed by atoms with Crippen LogP contribution in [-0.4, -0.2) is 10.9 Å². The second kappa shape index (κ2) is 6.38. The number of rotatable bonds is 3. The first-order chi connectivity index (χ1) is 12.5. The number of H-pyrrole nitrogens is 1. The average molecular weight is 366 g/mol. The van der Waals surface area contributed by atoms with Gasteiger partial charge in [-0.05, 0) is 42.8 Å². The summed E-state index contributed by atoms with van der Waals surface area (Å²) in [6.45, 7) is 2.28. The quantitative estimate of drug-likeness (QED) is 0.573. The summed E-state index contributed by atoms with van der Waals surface area (Å²) in [5, 5.41) is 4.26. The zero-order chi connectivity index (χ0) is 18.3. The van der Waals surface area contributed by atoms with Crippen LogP contribution in [0, 0.1) is 12.7 Å². The van der Waals surface area contributed by atoms with Gasteiger partial charge in [0.1, 0.15) is 5.82 Å². The Balaban J connectivity index is 1.68. The summed E-state index contributed by atoms with van der Waals surface area (Å²) in [7, 11) is 0. The fraction of sp³-hybridized carbons (Fsp3) is 0.100. The fourth-order valence-electron chi connectivity index (χ4n) is 2.89. The number of fused-ring (bicyclic) bond motifs is 3. The summed E-state index contributed by atoms with van der Waals surface area (Å²) in [5.74, 6) is -0.568. The highest BCUT2D eigenvalue weighted by Gasteiger charge is 2.14. The maximum Gasteiger partial charge on any atom is 0.261 e. The van der Waals surface area contributed by atoms with Gasteiger partial charge >= 0.3 is 0 Å². The zero-order valence-corrected chi connectivity index (χ0v) is 14.7. The number of amides is 1. The standard InChI is InChI=1S/C20H15FN2O2S/c1-11-2-7-16-14(8-11)18-15(19(24)23-16)9-17(26-18)20(25)22-10-12-3-5-13(21)6-4-12/h2-9H,10H2,1H3,(H,22,25)(H,23,24). The van der Waals surface area contributed by atoms with Crippen LogP contribution in [0.15, 0.2) is 53.3 Å². The lowest BCUT2D eigenvalue weighted by Crippen LogP contribution is -2.21. The Morgan fingerprint density at radius 2 is 1.88 bits per heavy atom. The molecule has 2 aromatic heterocycles. The van der Waals surface area contributed by atoms with E-state index in [0.717, 1.165) is 26.7 Å². The lowest BCUT2D eigenvalue weighted by atomic mass is 10.1. The van der Waals surface area contributed by atoms with Crippen LogP contribution in [0.3, 0.4) is 0 Å². The molecule has 0 bridgehead atoms. The number of hydrogen-bond donors (Lipinski definition) is 2. The lowest BCUT2D eigenvalue weighted by Gasteiger charge is -2.03. The third kappa shape index (κ3) is 2.99. The van der Waals surface area contributed by atoms with Gasteiger partial charge in [-0.2, -0.15) is 0 Å². The van der Waals surface area contributed by atoms with Crippen molar-refractivity contribution < 1.29 is 9.18 Å². The monoisotopic (exact) mass is 366 g/mol. The Labute approximate surface area is 152 Å². The zero-order valence-electron chi connectivity index (χ0n) is 13.9. The summed E-state index contributed by atoms with van der Waals surface area (Å²) in [4.78, 5) is 28.1. The SMILES string of the molecule is Cc1ccc2[nH]c(=O)c3cc(C(=O)NCc4ccc(F)cc4)sc3c2c1. The Morgan fingerprint density at radius 1 is 1.12 bits per heavy atom. The number of carbonyl (C=O) groups excluding carboxylic acids is 1. The van der Waals surface area contributed by atoms with Gasteiger partial charge in [0.15, 0.2) is 0 Å². The van der Waals surface area contributed by atoms with Crippen LogP contribution in [0.5, 0.6) is 0 Å². The Hall–Kier alpha value is -2.99. The smallest absolute Gasteiger partial charge is 0.261 e. The molecule has 6 heteroatoms. The van der Waals surface area contributed by atoms with E-state index in [2.05, 4.69) is 10.3 Å². The molecule has 2 heterocycles. The van der Waals surface area contributed by atoms with Crippen LogP contribution in [0.4, 0.5) is 4.39 Å². The predicted molar refractivity (Wildman–Crippen MR) is 102 cm³/mol. The van der Waals surface area contributed by atoms with Crippen molar-refractivity contribution >= 4 is 38.2 Å². The van der Waals surface area contributed by atoms with Gasteiger partial charge in [0.25, 0.3) is 11.5 Å². The molecule has 4 aromatic rings. The van der Waals surface area contributed by atoms with Crippen LogP contribution in [0.25, 0.3) is 21.0 Å². The molecule has 0 fully saturated rings. The molecule has 0 atom stereocenters. The number of aromatic amines is 1. The molecule has 130 valence electrons. The molecule has 2 aromatic carbocycles. The van der Waals surface area contributed by atoms with E-state index in [4.69, 9.17) is 0 Å². The van der Waals surface area contributed by atoms with Gasteiger partial charge in [-0.15, -0.1) is 11.3 Å². The minimum atomic E-state index is -0.314. The highest BCUT2D eigenvalue weighted by molar-refractivity contribution is 7.21. The minimum absolute atomic E-state index is 0.204. The van der Waals surface area contributed by atoms with Crippen molar-refractivity contribution in [1.82, 2.24) is 10.3 Å². The maximum absolute atomic E-state index is 12.9. The highest BCUT2D eigenvalue weighted by atomic mass is 32.1. The lowest BCUT2D eigenvalue weighted by molar-refractivity contribution is 0.0955. The summed E-state index contributed by atoms with van der Waals surface area (Å²) in [5.41, 5.74) is 2.44. The minimum Gasteiger partial charge on any atom is -0.347 e. The average Bonchev–Trinajstić information content (AvgIpc) is 3.08. The third-order valence-electron chi connectivity index (χ3n) is 4.23. The van der Waals surface area contributed by atoms with E-state index in [1.807, 2.05) is 25.1 Å². The molecule has 0 aliphatic rings. The van der Waals surface area contributed by atoms with E-state index in [-0.39, 0.29) is 17.3 Å². The van der Waals surface area contributed by atoms with Gasteiger partial charge in [-0.1, -0.05) is 23.8 Å². The van der Waals surface area contributed by atoms with Crippen molar-refractivity contribution in [3.8, 4) is 0 Å². The van der Waals surface area contributed by atoms with Crippen molar-refractivity contribution in [3.63, 3.8) is 0 Å². The van der Waals surface area contributed by atoms with Crippen LogP contribution in [-0.2, 0) is 6.54 Å². The Bertz CT molecular complexity index is 1190. The summed E-state index contributed by atoms with van der Waals surface area (Å²) >= 11 is 1.30. The second-order valence-electron chi connectivity index (χ2n) is 6.17. The summed E-state index contributed by atoms with van der Waals surface area (Å²) < 4.78 is 13.7. The highest BCUT2D eigenvalue weighted by Crippen LogP contribution is 2.30. The van der Waals surface area contributed by atoms with Gasteiger partial charge in [0.2, 0.25) is 0 Å². The number of pyridine rings is 1. The number of halogens is 1. The molecule has 1 amide bonds. The molecule has 0 radical (unpaired) electrons. The van der Waals surface area contributed by atoms with Crippen molar-refractivity contribution in [2.24, 2.45) is 0 Å². The maximum atomic E-state index is 12.9. The Kier molecular flexibility index (Phi) is 4.05. The van der Waals surface area contributed by atoms with Crippen LogP contribution < -0.4 is 10.9 Å². The van der Waals surface area contributed by atoms with Gasteiger partial charge in [0, 0.05) is 22.1 Å². The molecular formula is C20H15FN2O2S. The van der Waals surface area contributed by atoms with Gasteiger partial charge in [0.05, 0.1) is 10.3 Å². The first kappa shape index (κ1) is 16.5. The summed E-state index contributed by atoms with van der Waals surface area (Å²) in [6.07, 6.45) is 0. The van der Waals surface area contributed by atoms with Crippen molar-refractivity contribution in [1.29, 1.82) is 0 Å². The number of thiophene rings is 1. The second-order valence-corrected chi connectivity index (χ2v) is 7.22. The van der Waals surface area contributed by atoms with E-state index >= 15 is 0 Å². The molecule has 0 aliphatic carbocycles. The van der Waals surface area contributed by atoms with E-state index in [1.54, 1.807) is 18.2 Å². The van der Waals surface area contributed by atoms with Crippen molar-refractivity contribution in [2.45, 2.75) is 13.5 Å². The van der Waals surface area contributed by atoms with Crippen LogP contribution >= 0.6 is 11.3 Å². The number of hydrogen-bond acceptors (Lipinski definition) is 3. The predicted octanol–water partition coefficient (Wildman–Crippen LogP) is 4.12. The first-order valence-corrected chi connectivity index (χ1v) is 8.92. The number of aromatic nitrogens is 1. The normalized spacial score (nSPS) is 11.2. The largest absolute Gasteiger partial charge is 0.347 e. The number of carbonyl (C=O) groups is 1. The molecule has 0 unspecified atom stereocenters. The van der Waals surface area contributed by atoms with Crippen molar-refractivity contribution in [2.75, 3.05) is 0 Å². The molecule has 4 nitrogen and oxygen atoms in total. The topological polar surface area (TPSA) is 62.0 Å². The third-order valence-corrected chi connectivity index (χ3v) is 5.40. The van der Waals surface area contributed by atoms with Crippen molar-refractivity contribution in [3.05, 3.63) is 80.7 Å². The molecule has 0 saturated carbocycles. The molecule has 0 saturated heterocycles. The van der Waals surface area contributed by atoms with E-state index < -0.39 is 0 Å². The van der Waals surface area contributed by atoms with Gasteiger partial charge < -0.3 is 10.3 Å². The van der Waals surface area contributed by atoms with Gasteiger partial charge in [-0.25, -0.2) is 4.39 Å². The molecule has 26 heavy (non-hydrogen) atoms. The molecular weight excluding hydrogens is 351 g/mol. The fourth-order valence-corrected chi connectivity index (χ4v) is 3.99. The van der Waals surface area contributed by atoms with E-state index in [9.17, 15) is 14.0 Å². The molecule has 4 rings (SSSR count). The molecule has 0 spiro atoms. The van der Waals surface area contributed by atoms with Crippen LogP contribution in [0.2, 0.25) is 0 Å². The van der Waals surface area contributed by atoms with Gasteiger partial charge in [-0.3, -0.25) is 9.59 Å². The van der Waals surface area contributed by atoms with E-state index in [0.29, 0.717) is 16.8 Å². The molecule has 0 aliphatic heterocycles. The number of aryl methyl sites for hydroxylation is 1. The number of benzene rings is 2. The number of nitrogens with one attached hydrogen (secondary N) is 2. The van der Waals surface area contributed by atoms with Crippen LogP contribution in [0.1, 0.15) is 20.8 Å². The summed E-state index contributed by atoms with van der Waals surface area (Å²) in [6, 6.07) is 13.4. The Morgan fingerprint density at radius 3 is 2.65 bits per heavy atom.